The Kier molecular flexibility index (Phi) is 7.79. The Labute approximate surface area is 200 Å². The lowest BCUT2D eigenvalue weighted by atomic mass is 10.1. The van der Waals surface area contributed by atoms with Gasteiger partial charge in [-0.25, -0.2) is 8.42 Å². The third-order valence-electron chi connectivity index (χ3n) is 4.60. The molecule has 0 heterocycles. The zero-order valence-corrected chi connectivity index (χ0v) is 19.1. The highest BCUT2D eigenvalue weighted by molar-refractivity contribution is 7.92. The number of rotatable bonds is 8. The summed E-state index contributed by atoms with van der Waals surface area (Å²) in [6.45, 7) is 0. The number of nitrogens with zero attached hydrogens (tertiary/aromatic N) is 1. The monoisotopic (exact) mass is 496 g/mol. The Balaban J connectivity index is 1.64. The molecule has 3 N–H and O–H groups in total. The van der Waals surface area contributed by atoms with E-state index in [0.29, 0.717) is 11.4 Å². The number of hydrazine groups is 1. The minimum atomic E-state index is -3.99. The molecule has 180 valence electrons. The third kappa shape index (κ3) is 6.65. The van der Waals surface area contributed by atoms with Gasteiger partial charge in [0, 0.05) is 23.4 Å². The Morgan fingerprint density at radius 1 is 0.971 bits per heavy atom. The molecule has 0 saturated carbocycles. The fourth-order valence-electron chi connectivity index (χ4n) is 2.87. The van der Waals surface area contributed by atoms with Gasteiger partial charge in [0.2, 0.25) is 0 Å². The summed E-state index contributed by atoms with van der Waals surface area (Å²) in [6, 6.07) is 17.3. The first-order valence-electron chi connectivity index (χ1n) is 9.98. The third-order valence-corrected chi connectivity index (χ3v) is 5.97. The van der Waals surface area contributed by atoms with Gasteiger partial charge >= 0.3 is 0 Å². The molecule has 3 rings (SSSR count). The minimum Gasteiger partial charge on any atom is -0.497 e. The zero-order valence-electron chi connectivity index (χ0n) is 18.3. The molecule has 0 aliphatic carbocycles. The van der Waals surface area contributed by atoms with Crippen LogP contribution in [0, 0.1) is 10.1 Å². The molecule has 0 atom stereocenters. The van der Waals surface area contributed by atoms with Crippen LogP contribution >= 0.6 is 0 Å². The Bertz CT molecular complexity index is 1390. The number of ether oxygens (including phenoxy) is 1. The normalized spacial score (nSPS) is 11.0. The van der Waals surface area contributed by atoms with Crippen LogP contribution in [0.3, 0.4) is 0 Å². The summed E-state index contributed by atoms with van der Waals surface area (Å²) in [6.07, 6.45) is 2.25. The van der Waals surface area contributed by atoms with E-state index >= 15 is 0 Å². The molecule has 2 amide bonds. The molecule has 0 aliphatic heterocycles. The van der Waals surface area contributed by atoms with Gasteiger partial charge in [-0.05, 0) is 54.6 Å². The summed E-state index contributed by atoms with van der Waals surface area (Å²) in [5.41, 5.74) is 4.61. The van der Waals surface area contributed by atoms with Gasteiger partial charge in [0.1, 0.15) is 5.75 Å². The second kappa shape index (κ2) is 10.9. The van der Waals surface area contributed by atoms with Crippen LogP contribution in [0.2, 0.25) is 0 Å². The number of hydrogen-bond acceptors (Lipinski definition) is 7. The standard InChI is InChI=1S/C23H20N4O7S/c1-34-19-12-10-18(11-13-19)26-35(32,33)20-7-4-6-17(15-20)23(29)25-24-22(28)14-9-16-5-2-3-8-21(16)27(30)31/h2-15,26H,1H3,(H,24,28)(H,25,29)/b14-9+. The number of nitro benzene ring substituents is 1. The van der Waals surface area contributed by atoms with Gasteiger partial charge < -0.3 is 4.74 Å². The molecule has 0 unspecified atom stereocenters. The molecule has 0 fully saturated rings. The Morgan fingerprint density at radius 2 is 1.69 bits per heavy atom. The van der Waals surface area contributed by atoms with E-state index < -0.39 is 26.8 Å². The van der Waals surface area contributed by atoms with Gasteiger partial charge in [0.15, 0.2) is 0 Å². The predicted molar refractivity (Wildman–Crippen MR) is 128 cm³/mol. The second-order valence-corrected chi connectivity index (χ2v) is 8.64. The molecule has 11 nitrogen and oxygen atoms in total. The topological polar surface area (TPSA) is 157 Å². The summed E-state index contributed by atoms with van der Waals surface area (Å²) in [5, 5.41) is 11.0. The first-order valence-corrected chi connectivity index (χ1v) is 11.5. The SMILES string of the molecule is COc1ccc(NS(=O)(=O)c2cccc(C(=O)NNC(=O)/C=C/c3ccccc3[N+](=O)[O-])c2)cc1. The van der Waals surface area contributed by atoms with Crippen LogP contribution in [0.1, 0.15) is 15.9 Å². The van der Waals surface area contributed by atoms with Crippen LogP contribution in [-0.2, 0) is 14.8 Å². The highest BCUT2D eigenvalue weighted by atomic mass is 32.2. The molecule has 3 aromatic rings. The first-order chi connectivity index (χ1) is 16.7. The number of benzene rings is 3. The number of amides is 2. The van der Waals surface area contributed by atoms with E-state index in [0.717, 1.165) is 12.1 Å². The number of carbonyl (C=O) groups excluding carboxylic acids is 2. The van der Waals surface area contributed by atoms with Crippen molar-refractivity contribution < 1.29 is 27.7 Å². The molecule has 12 heteroatoms. The highest BCUT2D eigenvalue weighted by Crippen LogP contribution is 2.20. The van der Waals surface area contributed by atoms with Crippen molar-refractivity contribution in [2.75, 3.05) is 11.8 Å². The lowest BCUT2D eigenvalue weighted by Gasteiger charge is -2.10. The smallest absolute Gasteiger partial charge is 0.276 e. The number of methoxy groups -OCH3 is 1. The number of hydrogen-bond donors (Lipinski definition) is 3. The molecule has 35 heavy (non-hydrogen) atoms. The van der Waals surface area contributed by atoms with Gasteiger partial charge in [-0.1, -0.05) is 18.2 Å². The van der Waals surface area contributed by atoms with Crippen molar-refractivity contribution in [1.29, 1.82) is 0 Å². The maximum absolute atomic E-state index is 12.7. The van der Waals surface area contributed by atoms with E-state index in [2.05, 4.69) is 15.6 Å². The number of para-hydroxylation sites is 1. The average molecular weight is 497 g/mol. The fourth-order valence-corrected chi connectivity index (χ4v) is 3.97. The maximum Gasteiger partial charge on any atom is 0.276 e. The van der Waals surface area contributed by atoms with Gasteiger partial charge in [0.05, 0.1) is 22.5 Å². The lowest BCUT2D eigenvalue weighted by Crippen LogP contribution is -2.40. The van der Waals surface area contributed by atoms with Crippen molar-refractivity contribution in [3.63, 3.8) is 0 Å². The summed E-state index contributed by atoms with van der Waals surface area (Å²) >= 11 is 0. The van der Waals surface area contributed by atoms with Crippen molar-refractivity contribution in [3.05, 3.63) is 100 Å². The van der Waals surface area contributed by atoms with Crippen LogP contribution in [0.15, 0.2) is 83.8 Å². The van der Waals surface area contributed by atoms with E-state index in [1.54, 1.807) is 18.2 Å². The second-order valence-electron chi connectivity index (χ2n) is 6.95. The summed E-state index contributed by atoms with van der Waals surface area (Å²) in [4.78, 5) is 34.7. The lowest BCUT2D eigenvalue weighted by molar-refractivity contribution is -0.385. The number of nitrogens with one attached hydrogen (secondary N) is 3. The van der Waals surface area contributed by atoms with Gasteiger partial charge in [-0.3, -0.25) is 35.3 Å². The summed E-state index contributed by atoms with van der Waals surface area (Å²) < 4.78 is 32.8. The van der Waals surface area contributed by atoms with Crippen molar-refractivity contribution >= 4 is 39.3 Å². The molecule has 0 aliphatic rings. The van der Waals surface area contributed by atoms with Crippen LogP contribution in [-0.4, -0.2) is 32.3 Å². The van der Waals surface area contributed by atoms with E-state index in [9.17, 15) is 28.1 Å². The van der Waals surface area contributed by atoms with E-state index in [-0.39, 0.29) is 21.7 Å². The molecular formula is C23H20N4O7S. The van der Waals surface area contributed by atoms with Gasteiger partial charge in [-0.2, -0.15) is 0 Å². The zero-order chi connectivity index (χ0) is 25.4. The maximum atomic E-state index is 12.7. The predicted octanol–water partition coefficient (Wildman–Crippen LogP) is 2.88. The molecule has 0 radical (unpaired) electrons. The van der Waals surface area contributed by atoms with Crippen LogP contribution in [0.5, 0.6) is 5.75 Å². The van der Waals surface area contributed by atoms with Crippen molar-refractivity contribution in [2.24, 2.45) is 0 Å². The summed E-state index contributed by atoms with van der Waals surface area (Å²) in [7, 11) is -2.51. The van der Waals surface area contributed by atoms with Crippen molar-refractivity contribution in [2.45, 2.75) is 4.90 Å². The molecule has 0 spiro atoms. The molecule has 0 saturated heterocycles. The fraction of sp³-hybridized carbons (Fsp3) is 0.0435. The molecule has 3 aromatic carbocycles. The van der Waals surface area contributed by atoms with Gasteiger partial charge in [0.25, 0.3) is 27.5 Å². The number of sulfonamides is 1. The Hall–Kier alpha value is -4.71. The Morgan fingerprint density at radius 3 is 2.37 bits per heavy atom. The largest absolute Gasteiger partial charge is 0.497 e. The number of nitro groups is 1. The van der Waals surface area contributed by atoms with Crippen LogP contribution in [0.25, 0.3) is 6.08 Å². The average Bonchev–Trinajstić information content (AvgIpc) is 2.86. The van der Waals surface area contributed by atoms with Crippen LogP contribution < -0.4 is 20.3 Å². The van der Waals surface area contributed by atoms with E-state index in [4.69, 9.17) is 4.74 Å². The molecule has 0 aromatic heterocycles. The van der Waals surface area contributed by atoms with Crippen molar-refractivity contribution in [3.8, 4) is 5.75 Å². The highest BCUT2D eigenvalue weighted by Gasteiger charge is 2.17. The minimum absolute atomic E-state index is 0.0226. The quantitative estimate of drug-likeness (QED) is 0.246. The van der Waals surface area contributed by atoms with E-state index in [1.807, 2.05) is 0 Å². The molecule has 0 bridgehead atoms. The molecular weight excluding hydrogens is 476 g/mol. The number of anilines is 1. The van der Waals surface area contributed by atoms with Crippen LogP contribution in [0.4, 0.5) is 11.4 Å². The van der Waals surface area contributed by atoms with Crippen molar-refractivity contribution in [1.82, 2.24) is 10.9 Å². The summed E-state index contributed by atoms with van der Waals surface area (Å²) in [5.74, 6) is -0.953. The first kappa shape index (κ1) is 24.9. The van der Waals surface area contributed by atoms with E-state index in [1.165, 1.54) is 61.7 Å². The number of carbonyl (C=O) groups is 2. The van der Waals surface area contributed by atoms with Gasteiger partial charge in [-0.15, -0.1) is 0 Å².